The first kappa shape index (κ1) is 20.3. The number of Topliss-reactive ketones (excluding diaryl/α,β-unsaturated/α-hetero) is 1. The summed E-state index contributed by atoms with van der Waals surface area (Å²) < 4.78 is 14.3. The van der Waals surface area contributed by atoms with Crippen molar-refractivity contribution in [3.63, 3.8) is 0 Å². The third-order valence-electron chi connectivity index (χ3n) is 4.02. The molecule has 6 heteroatoms. The zero-order valence-corrected chi connectivity index (χ0v) is 15.0. The average Bonchev–Trinajstić information content (AvgIpc) is 2.70. The van der Waals surface area contributed by atoms with Gasteiger partial charge in [0.15, 0.2) is 5.78 Å². The van der Waals surface area contributed by atoms with E-state index in [2.05, 4.69) is 24.1 Å². The number of carbonyl (C=O) groups excluding carboxylic acids is 2. The Labute approximate surface area is 157 Å². The third kappa shape index (κ3) is 5.48. The maximum absolute atomic E-state index is 14.3. The van der Waals surface area contributed by atoms with Crippen molar-refractivity contribution in [3.05, 3.63) is 70.5 Å². The van der Waals surface area contributed by atoms with Crippen LogP contribution in [0.15, 0.2) is 42.5 Å². The van der Waals surface area contributed by atoms with Gasteiger partial charge in [-0.3, -0.25) is 9.59 Å². The molecule has 0 spiro atoms. The van der Waals surface area contributed by atoms with Crippen molar-refractivity contribution in [3.8, 4) is 11.8 Å². The monoisotopic (exact) mass is 368 g/mol. The summed E-state index contributed by atoms with van der Waals surface area (Å²) in [6.45, 7) is 1.17. The first-order valence-corrected chi connectivity index (χ1v) is 8.53. The molecule has 4 N–H and O–H groups in total. The topological polar surface area (TPSA) is 92.4 Å². The summed E-state index contributed by atoms with van der Waals surface area (Å²) in [6, 6.07) is 10.5. The molecule has 1 amide bonds. The maximum Gasteiger partial charge on any atom is 0.252 e. The summed E-state index contributed by atoms with van der Waals surface area (Å²) in [4.78, 5) is 23.6. The van der Waals surface area contributed by atoms with E-state index in [1.807, 2.05) is 24.3 Å². The summed E-state index contributed by atoms with van der Waals surface area (Å²) in [5.74, 6) is 3.73. The Hall–Kier alpha value is -3.01. The molecule has 0 saturated heterocycles. The Kier molecular flexibility index (Phi) is 7.24. The standard InChI is InChI=1S/C21H21FN2O3/c1-2-14-3-5-15(6-4-14)7-8-16-9-10-17(11-18(16)22)21(27)24-19(12-23)20(26)13-25/h3-6,9-11,19,25H,2,12-13,23H2,1H3,(H,24,27)/t19-/m0/s1. The third-order valence-corrected chi connectivity index (χ3v) is 4.02. The predicted molar refractivity (Wildman–Crippen MR) is 101 cm³/mol. The second kappa shape index (κ2) is 9.62. The molecule has 0 aliphatic rings. The van der Waals surface area contributed by atoms with E-state index in [-0.39, 0.29) is 17.7 Å². The fourth-order valence-corrected chi connectivity index (χ4v) is 2.34. The van der Waals surface area contributed by atoms with Gasteiger partial charge < -0.3 is 16.2 Å². The Morgan fingerprint density at radius 1 is 1.19 bits per heavy atom. The summed E-state index contributed by atoms with van der Waals surface area (Å²) in [7, 11) is 0. The second-order valence-electron chi connectivity index (χ2n) is 5.88. The fraction of sp³-hybridized carbons (Fsp3) is 0.238. The molecule has 0 aromatic heterocycles. The Morgan fingerprint density at radius 2 is 1.89 bits per heavy atom. The van der Waals surface area contributed by atoms with Crippen LogP contribution in [0.5, 0.6) is 0 Å². The van der Waals surface area contributed by atoms with Gasteiger partial charge >= 0.3 is 0 Å². The van der Waals surface area contributed by atoms with E-state index < -0.39 is 30.2 Å². The van der Waals surface area contributed by atoms with Gasteiger partial charge in [-0.2, -0.15) is 0 Å². The Balaban J connectivity index is 2.14. The van der Waals surface area contributed by atoms with Crippen molar-refractivity contribution in [2.75, 3.05) is 13.2 Å². The number of aryl methyl sites for hydroxylation is 1. The molecule has 2 aromatic carbocycles. The van der Waals surface area contributed by atoms with Gasteiger partial charge in [-0.05, 0) is 42.3 Å². The molecular formula is C21H21FN2O3. The molecule has 140 valence electrons. The number of amides is 1. The van der Waals surface area contributed by atoms with Crippen LogP contribution in [-0.2, 0) is 11.2 Å². The fourth-order valence-electron chi connectivity index (χ4n) is 2.34. The molecule has 27 heavy (non-hydrogen) atoms. The van der Waals surface area contributed by atoms with Crippen LogP contribution in [0, 0.1) is 17.7 Å². The molecule has 0 heterocycles. The number of rotatable bonds is 6. The summed E-state index contributed by atoms with van der Waals surface area (Å²) in [5.41, 5.74) is 7.56. The molecular weight excluding hydrogens is 347 g/mol. The number of nitrogens with two attached hydrogens (primary N) is 1. The largest absolute Gasteiger partial charge is 0.388 e. The molecule has 2 aromatic rings. The van der Waals surface area contributed by atoms with E-state index in [1.165, 1.54) is 17.7 Å². The number of hydrogen-bond acceptors (Lipinski definition) is 4. The van der Waals surface area contributed by atoms with Crippen LogP contribution in [0.1, 0.15) is 34.0 Å². The zero-order valence-electron chi connectivity index (χ0n) is 15.0. The summed E-state index contributed by atoms with van der Waals surface area (Å²) in [6.07, 6.45) is 0.931. The van der Waals surface area contributed by atoms with Crippen LogP contribution in [0.2, 0.25) is 0 Å². The highest BCUT2D eigenvalue weighted by Gasteiger charge is 2.19. The van der Waals surface area contributed by atoms with Gasteiger partial charge in [0.25, 0.3) is 5.91 Å². The van der Waals surface area contributed by atoms with Gasteiger partial charge in [0.05, 0.1) is 5.56 Å². The van der Waals surface area contributed by atoms with Crippen LogP contribution >= 0.6 is 0 Å². The highest BCUT2D eigenvalue weighted by Crippen LogP contribution is 2.11. The molecule has 1 atom stereocenters. The number of benzene rings is 2. The summed E-state index contributed by atoms with van der Waals surface area (Å²) >= 11 is 0. The van der Waals surface area contributed by atoms with E-state index in [9.17, 15) is 14.0 Å². The minimum atomic E-state index is -1.02. The van der Waals surface area contributed by atoms with Crippen LogP contribution in [0.4, 0.5) is 4.39 Å². The molecule has 0 saturated carbocycles. The van der Waals surface area contributed by atoms with Gasteiger partial charge in [-0.25, -0.2) is 4.39 Å². The van der Waals surface area contributed by atoms with Crippen molar-refractivity contribution in [1.82, 2.24) is 5.32 Å². The van der Waals surface area contributed by atoms with Crippen molar-refractivity contribution in [2.24, 2.45) is 5.73 Å². The molecule has 0 unspecified atom stereocenters. The minimum absolute atomic E-state index is 0.0366. The molecule has 0 aliphatic heterocycles. The lowest BCUT2D eigenvalue weighted by atomic mass is 10.1. The number of ketones is 1. The van der Waals surface area contributed by atoms with Crippen LogP contribution < -0.4 is 11.1 Å². The number of hydrogen-bond donors (Lipinski definition) is 3. The smallest absolute Gasteiger partial charge is 0.252 e. The highest BCUT2D eigenvalue weighted by atomic mass is 19.1. The van der Waals surface area contributed by atoms with Crippen molar-refractivity contribution in [2.45, 2.75) is 19.4 Å². The minimum Gasteiger partial charge on any atom is -0.388 e. The zero-order chi connectivity index (χ0) is 19.8. The average molecular weight is 368 g/mol. The van der Waals surface area contributed by atoms with Gasteiger partial charge in [-0.15, -0.1) is 0 Å². The van der Waals surface area contributed by atoms with Crippen LogP contribution in [0.25, 0.3) is 0 Å². The molecule has 5 nitrogen and oxygen atoms in total. The lowest BCUT2D eigenvalue weighted by Gasteiger charge is -2.14. The Bertz CT molecular complexity index is 883. The maximum atomic E-state index is 14.3. The second-order valence-corrected chi connectivity index (χ2v) is 5.88. The van der Waals surface area contributed by atoms with Gasteiger partial charge in [0.1, 0.15) is 18.5 Å². The molecule has 0 radical (unpaired) electrons. The normalized spacial score (nSPS) is 11.3. The lowest BCUT2D eigenvalue weighted by molar-refractivity contribution is -0.123. The molecule has 0 bridgehead atoms. The van der Waals surface area contributed by atoms with Crippen molar-refractivity contribution >= 4 is 11.7 Å². The first-order chi connectivity index (χ1) is 13.0. The van der Waals surface area contributed by atoms with Gasteiger partial charge in [0.2, 0.25) is 0 Å². The van der Waals surface area contributed by atoms with E-state index in [1.54, 1.807) is 0 Å². The number of aliphatic hydroxyl groups is 1. The van der Waals surface area contributed by atoms with Crippen molar-refractivity contribution in [1.29, 1.82) is 0 Å². The van der Waals surface area contributed by atoms with E-state index in [0.717, 1.165) is 18.1 Å². The lowest BCUT2D eigenvalue weighted by Crippen LogP contribution is -2.47. The summed E-state index contributed by atoms with van der Waals surface area (Å²) in [5, 5.41) is 11.2. The van der Waals surface area contributed by atoms with Gasteiger partial charge in [0, 0.05) is 17.7 Å². The number of nitrogens with one attached hydrogen (secondary N) is 1. The molecule has 0 aliphatic carbocycles. The van der Waals surface area contributed by atoms with Crippen LogP contribution in [-0.4, -0.2) is 36.0 Å². The SMILES string of the molecule is CCc1ccc(C#Cc2ccc(C(=O)N[C@@H](CN)C(=O)CO)cc2F)cc1. The van der Waals surface area contributed by atoms with E-state index >= 15 is 0 Å². The van der Waals surface area contributed by atoms with Crippen molar-refractivity contribution < 1.29 is 19.1 Å². The van der Waals surface area contributed by atoms with E-state index in [0.29, 0.717) is 0 Å². The molecule has 0 fully saturated rings. The van der Waals surface area contributed by atoms with Gasteiger partial charge in [-0.1, -0.05) is 30.9 Å². The highest BCUT2D eigenvalue weighted by molar-refractivity contribution is 5.98. The number of carbonyl (C=O) groups is 2. The first-order valence-electron chi connectivity index (χ1n) is 8.53. The van der Waals surface area contributed by atoms with E-state index in [4.69, 9.17) is 10.8 Å². The predicted octanol–water partition coefficient (Wildman–Crippen LogP) is 1.41. The number of aliphatic hydroxyl groups excluding tert-OH is 1. The Morgan fingerprint density at radius 3 is 2.44 bits per heavy atom. The van der Waals surface area contributed by atoms with Crippen LogP contribution in [0.3, 0.4) is 0 Å². The quantitative estimate of drug-likeness (QED) is 0.672. The molecule has 2 rings (SSSR count). The number of halogens is 1.